The smallest absolute Gasteiger partial charge is 0.395 e. The van der Waals surface area contributed by atoms with Gasteiger partial charge in [0.25, 0.3) is 0 Å². The quantitative estimate of drug-likeness (QED) is 0.535. The molecule has 7 heteroatoms. The van der Waals surface area contributed by atoms with Crippen LogP contribution in [-0.2, 0) is 6.18 Å². The molecule has 118 valence electrons. The average Bonchev–Trinajstić information content (AvgIpc) is 2.41. The largest absolute Gasteiger partial charge is 0.417 e. The summed E-state index contributed by atoms with van der Waals surface area (Å²) in [6, 6.07) is 3.54. The molecule has 0 atom stereocenters. The Hall–Kier alpha value is -1.76. The van der Waals surface area contributed by atoms with Crippen LogP contribution in [0.1, 0.15) is 30.9 Å². The molecule has 0 radical (unpaired) electrons. The second kappa shape index (κ2) is 7.31. The van der Waals surface area contributed by atoms with E-state index >= 15 is 0 Å². The lowest BCUT2D eigenvalue weighted by molar-refractivity contribution is -0.137. The normalized spacial score (nSPS) is 11.5. The van der Waals surface area contributed by atoms with Crippen LogP contribution in [-0.4, -0.2) is 30.6 Å². The molecule has 0 bridgehead atoms. The van der Waals surface area contributed by atoms with E-state index in [1.807, 2.05) is 6.92 Å². The third-order valence-electron chi connectivity index (χ3n) is 3.12. The van der Waals surface area contributed by atoms with Gasteiger partial charge in [0.05, 0.1) is 12.2 Å². The van der Waals surface area contributed by atoms with E-state index < -0.39 is 17.6 Å². The summed E-state index contributed by atoms with van der Waals surface area (Å²) in [5, 5.41) is 16.4. The molecule has 0 aromatic heterocycles. The molecular weight excluding hydrogens is 283 g/mol. The van der Waals surface area contributed by atoms with Crippen LogP contribution in [0, 0.1) is 5.41 Å². The Bertz CT molecular complexity index is 489. The number of benzene rings is 1. The van der Waals surface area contributed by atoms with Gasteiger partial charge in [0.1, 0.15) is 5.84 Å². The number of amidine groups is 1. The fourth-order valence-electron chi connectivity index (χ4n) is 2.04. The van der Waals surface area contributed by atoms with Crippen molar-refractivity contribution >= 4 is 11.5 Å². The second-order valence-electron chi connectivity index (χ2n) is 4.71. The third kappa shape index (κ3) is 4.63. The average molecular weight is 303 g/mol. The SMILES string of the molecule is CCCCN(CCO)c1ccc(C(F)(F)F)c(C(=N)N)c1. The minimum Gasteiger partial charge on any atom is -0.395 e. The molecule has 0 aliphatic rings. The first kappa shape index (κ1) is 17.3. The fourth-order valence-corrected chi connectivity index (χ4v) is 2.04. The van der Waals surface area contributed by atoms with Crippen LogP contribution in [0.4, 0.5) is 18.9 Å². The van der Waals surface area contributed by atoms with Crippen molar-refractivity contribution in [2.24, 2.45) is 5.73 Å². The molecule has 4 N–H and O–H groups in total. The van der Waals surface area contributed by atoms with Crippen molar-refractivity contribution in [1.29, 1.82) is 5.41 Å². The highest BCUT2D eigenvalue weighted by Crippen LogP contribution is 2.33. The van der Waals surface area contributed by atoms with Crippen LogP contribution in [0.5, 0.6) is 0 Å². The Kier molecular flexibility index (Phi) is 6.02. The Morgan fingerprint density at radius 1 is 1.33 bits per heavy atom. The molecule has 0 spiro atoms. The number of nitrogens with two attached hydrogens (primary N) is 1. The zero-order valence-electron chi connectivity index (χ0n) is 11.9. The number of nitrogens with one attached hydrogen (secondary N) is 1. The van der Waals surface area contributed by atoms with Gasteiger partial charge in [0, 0.05) is 24.3 Å². The molecule has 21 heavy (non-hydrogen) atoms. The van der Waals surface area contributed by atoms with Crippen molar-refractivity contribution in [3.05, 3.63) is 29.3 Å². The van der Waals surface area contributed by atoms with Gasteiger partial charge < -0.3 is 15.7 Å². The van der Waals surface area contributed by atoms with Crippen LogP contribution in [0.2, 0.25) is 0 Å². The maximum absolute atomic E-state index is 12.9. The fraction of sp³-hybridized carbons (Fsp3) is 0.500. The molecule has 0 unspecified atom stereocenters. The Balaban J connectivity index is 3.19. The predicted octanol–water partition coefficient (Wildman–Crippen LogP) is 2.59. The Labute approximate surface area is 121 Å². The van der Waals surface area contributed by atoms with Gasteiger partial charge in [-0.2, -0.15) is 13.2 Å². The lowest BCUT2D eigenvalue weighted by Crippen LogP contribution is -2.28. The van der Waals surface area contributed by atoms with Crippen molar-refractivity contribution in [1.82, 2.24) is 0 Å². The number of hydrogen-bond acceptors (Lipinski definition) is 3. The first-order valence-corrected chi connectivity index (χ1v) is 6.72. The van der Waals surface area contributed by atoms with E-state index in [1.165, 1.54) is 12.1 Å². The standard InChI is InChI=1S/C14H20F3N3O/c1-2-3-6-20(7-8-21)10-4-5-12(14(15,16)17)11(9-10)13(18)19/h4-5,9,21H,2-3,6-8H2,1H3,(H3,18,19). The molecule has 0 heterocycles. The van der Waals surface area contributed by atoms with Crippen LogP contribution in [0.25, 0.3) is 0 Å². The molecule has 0 aliphatic carbocycles. The zero-order valence-corrected chi connectivity index (χ0v) is 11.9. The van der Waals surface area contributed by atoms with Gasteiger partial charge in [-0.25, -0.2) is 0 Å². The molecule has 1 aromatic rings. The minimum absolute atomic E-state index is 0.0971. The molecule has 4 nitrogen and oxygen atoms in total. The maximum atomic E-state index is 12.9. The van der Waals surface area contributed by atoms with Crippen LogP contribution < -0.4 is 10.6 Å². The number of halogens is 3. The first-order chi connectivity index (χ1) is 9.81. The molecule has 1 aromatic carbocycles. The Morgan fingerprint density at radius 2 is 2.00 bits per heavy atom. The highest BCUT2D eigenvalue weighted by atomic mass is 19.4. The zero-order chi connectivity index (χ0) is 16.0. The first-order valence-electron chi connectivity index (χ1n) is 6.72. The van der Waals surface area contributed by atoms with E-state index in [2.05, 4.69) is 0 Å². The summed E-state index contributed by atoms with van der Waals surface area (Å²) in [7, 11) is 0. The van der Waals surface area contributed by atoms with Gasteiger partial charge >= 0.3 is 6.18 Å². The van der Waals surface area contributed by atoms with E-state index in [1.54, 1.807) is 4.90 Å². The summed E-state index contributed by atoms with van der Waals surface area (Å²) >= 11 is 0. The molecule has 0 aliphatic heterocycles. The van der Waals surface area contributed by atoms with Gasteiger partial charge in [0.2, 0.25) is 0 Å². The number of nitrogen functional groups attached to an aromatic ring is 1. The Morgan fingerprint density at radius 3 is 2.48 bits per heavy atom. The van der Waals surface area contributed by atoms with Crippen molar-refractivity contribution in [3.8, 4) is 0 Å². The van der Waals surface area contributed by atoms with Gasteiger partial charge in [-0.3, -0.25) is 5.41 Å². The number of nitrogens with zero attached hydrogens (tertiary/aromatic N) is 1. The number of rotatable bonds is 7. The maximum Gasteiger partial charge on any atom is 0.417 e. The molecular formula is C14H20F3N3O. The summed E-state index contributed by atoms with van der Waals surface area (Å²) in [6.45, 7) is 2.85. The number of hydrogen-bond donors (Lipinski definition) is 3. The van der Waals surface area contributed by atoms with Gasteiger partial charge in [-0.15, -0.1) is 0 Å². The number of aliphatic hydroxyl groups excluding tert-OH is 1. The molecule has 0 saturated carbocycles. The van der Waals surface area contributed by atoms with Crippen molar-refractivity contribution in [2.75, 3.05) is 24.6 Å². The highest BCUT2D eigenvalue weighted by Gasteiger charge is 2.34. The van der Waals surface area contributed by atoms with E-state index in [0.717, 1.165) is 18.9 Å². The number of aliphatic hydroxyl groups is 1. The lowest BCUT2D eigenvalue weighted by atomic mass is 10.0. The van der Waals surface area contributed by atoms with Gasteiger partial charge in [-0.05, 0) is 24.6 Å². The minimum atomic E-state index is -4.55. The van der Waals surface area contributed by atoms with Crippen LogP contribution in [0.3, 0.4) is 0 Å². The van der Waals surface area contributed by atoms with Crippen molar-refractivity contribution in [3.63, 3.8) is 0 Å². The van der Waals surface area contributed by atoms with Gasteiger partial charge in [-0.1, -0.05) is 13.3 Å². The number of alkyl halides is 3. The van der Waals surface area contributed by atoms with Crippen LogP contribution >= 0.6 is 0 Å². The summed E-state index contributed by atoms with van der Waals surface area (Å²) < 4.78 is 38.7. The highest BCUT2D eigenvalue weighted by molar-refractivity contribution is 5.97. The van der Waals surface area contributed by atoms with E-state index in [-0.39, 0.29) is 12.2 Å². The van der Waals surface area contributed by atoms with Crippen molar-refractivity contribution < 1.29 is 18.3 Å². The molecule has 0 saturated heterocycles. The number of anilines is 1. The van der Waals surface area contributed by atoms with Gasteiger partial charge in [0.15, 0.2) is 0 Å². The third-order valence-corrected chi connectivity index (χ3v) is 3.12. The molecule has 0 amide bonds. The number of unbranched alkanes of at least 4 members (excludes halogenated alkanes) is 1. The van der Waals surface area contributed by atoms with E-state index in [0.29, 0.717) is 18.8 Å². The van der Waals surface area contributed by atoms with Crippen molar-refractivity contribution in [2.45, 2.75) is 25.9 Å². The molecule has 1 rings (SSSR count). The monoisotopic (exact) mass is 303 g/mol. The van der Waals surface area contributed by atoms with E-state index in [9.17, 15) is 13.2 Å². The lowest BCUT2D eigenvalue weighted by Gasteiger charge is -2.25. The van der Waals surface area contributed by atoms with Crippen LogP contribution in [0.15, 0.2) is 18.2 Å². The molecule has 0 fully saturated rings. The topological polar surface area (TPSA) is 73.3 Å². The summed E-state index contributed by atoms with van der Waals surface area (Å²) in [5.74, 6) is -0.622. The van der Waals surface area contributed by atoms with E-state index in [4.69, 9.17) is 16.2 Å². The second-order valence-corrected chi connectivity index (χ2v) is 4.71. The summed E-state index contributed by atoms with van der Waals surface area (Å²) in [5.41, 5.74) is 4.54. The summed E-state index contributed by atoms with van der Waals surface area (Å²) in [6.07, 6.45) is -2.76. The summed E-state index contributed by atoms with van der Waals surface area (Å²) in [4.78, 5) is 1.79. The predicted molar refractivity (Wildman–Crippen MR) is 76.7 cm³/mol.